The summed E-state index contributed by atoms with van der Waals surface area (Å²) in [5.41, 5.74) is 0. The Morgan fingerprint density at radius 3 is 2.47 bits per heavy atom. The van der Waals surface area contributed by atoms with Gasteiger partial charge >= 0.3 is 0 Å². The number of aliphatic hydroxyl groups is 1. The molecule has 0 amide bonds. The van der Waals surface area contributed by atoms with Gasteiger partial charge in [-0.3, -0.25) is 0 Å². The minimum absolute atomic E-state index is 0.0620. The molecule has 0 fully saturated rings. The summed E-state index contributed by atoms with van der Waals surface area (Å²) >= 11 is 2.07. The van der Waals surface area contributed by atoms with E-state index in [-0.39, 0.29) is 6.61 Å². The molecule has 0 aliphatic carbocycles. The summed E-state index contributed by atoms with van der Waals surface area (Å²) in [5.74, 6) is 1.59. The normalized spacial score (nSPS) is 11.3. The third-order valence-corrected chi connectivity index (χ3v) is 2.55. The highest BCUT2D eigenvalue weighted by Crippen LogP contribution is 2.17. The maximum atomic E-state index is 8.75. The zero-order chi connectivity index (χ0) is 11.1. The number of rotatable bonds is 5. The number of hydrogen-bond donors (Lipinski definition) is 1. The monoisotopic (exact) mass is 320 g/mol. The van der Waals surface area contributed by atoms with Crippen LogP contribution in [0.25, 0.3) is 0 Å². The Labute approximate surface area is 103 Å². The van der Waals surface area contributed by atoms with E-state index in [1.807, 2.05) is 30.3 Å². The molecule has 0 unspecified atom stereocenters. The topological polar surface area (TPSA) is 38.7 Å². The van der Waals surface area contributed by atoms with Crippen LogP contribution >= 0.6 is 22.6 Å². The lowest BCUT2D eigenvalue weighted by molar-refractivity contribution is 0.334. The van der Waals surface area contributed by atoms with Gasteiger partial charge in [0.15, 0.2) is 0 Å². The Kier molecular flexibility index (Phi) is 5.49. The van der Waals surface area contributed by atoms with E-state index in [1.165, 1.54) is 0 Å². The molecule has 0 spiro atoms. The molecule has 15 heavy (non-hydrogen) atoms. The highest BCUT2D eigenvalue weighted by atomic mass is 127. The van der Waals surface area contributed by atoms with Crippen molar-refractivity contribution in [3.05, 3.63) is 33.9 Å². The molecule has 0 heterocycles. The van der Waals surface area contributed by atoms with Gasteiger partial charge in [0, 0.05) is 3.58 Å². The van der Waals surface area contributed by atoms with E-state index in [1.54, 1.807) is 7.11 Å². The highest BCUT2D eigenvalue weighted by Gasteiger charge is 1.94. The molecule has 1 aromatic rings. The summed E-state index contributed by atoms with van der Waals surface area (Å²) in [6.07, 6.45) is 1.84. The molecule has 1 N–H and O–H groups in total. The van der Waals surface area contributed by atoms with Gasteiger partial charge in [-0.25, -0.2) is 0 Å². The molecule has 0 aromatic heterocycles. The van der Waals surface area contributed by atoms with Crippen molar-refractivity contribution in [2.45, 2.75) is 0 Å². The first-order valence-corrected chi connectivity index (χ1v) is 5.56. The van der Waals surface area contributed by atoms with Crippen LogP contribution < -0.4 is 9.47 Å². The molecule has 0 saturated heterocycles. The van der Waals surface area contributed by atoms with Gasteiger partial charge < -0.3 is 14.6 Å². The van der Waals surface area contributed by atoms with Crippen LogP contribution in [0.2, 0.25) is 0 Å². The SMILES string of the molecule is COc1ccc(OC/C=C(\I)CO)cc1. The fraction of sp³-hybridized carbons (Fsp3) is 0.273. The van der Waals surface area contributed by atoms with E-state index in [2.05, 4.69) is 22.6 Å². The lowest BCUT2D eigenvalue weighted by Gasteiger charge is -2.04. The number of methoxy groups -OCH3 is 1. The van der Waals surface area contributed by atoms with E-state index < -0.39 is 0 Å². The third-order valence-electron chi connectivity index (χ3n) is 1.77. The summed E-state index contributed by atoms with van der Waals surface area (Å²) in [4.78, 5) is 0. The van der Waals surface area contributed by atoms with Gasteiger partial charge in [-0.2, -0.15) is 0 Å². The largest absolute Gasteiger partial charge is 0.497 e. The second-order valence-corrected chi connectivity index (χ2v) is 4.18. The van der Waals surface area contributed by atoms with Gasteiger partial charge in [-0.1, -0.05) is 0 Å². The van der Waals surface area contributed by atoms with Crippen LogP contribution in [0.4, 0.5) is 0 Å². The van der Waals surface area contributed by atoms with Crippen LogP contribution in [-0.2, 0) is 0 Å². The van der Waals surface area contributed by atoms with Crippen molar-refractivity contribution >= 4 is 22.6 Å². The van der Waals surface area contributed by atoms with Crippen molar-refractivity contribution in [3.8, 4) is 11.5 Å². The minimum atomic E-state index is 0.0620. The van der Waals surface area contributed by atoms with Gasteiger partial charge in [0.1, 0.15) is 18.1 Å². The molecule has 3 nitrogen and oxygen atoms in total. The molecule has 0 atom stereocenters. The molecule has 0 aliphatic rings. The number of benzene rings is 1. The number of halogens is 1. The molecule has 0 radical (unpaired) electrons. The van der Waals surface area contributed by atoms with Crippen molar-refractivity contribution in [2.24, 2.45) is 0 Å². The van der Waals surface area contributed by atoms with E-state index in [0.29, 0.717) is 6.61 Å². The lowest BCUT2D eigenvalue weighted by atomic mass is 10.3. The Morgan fingerprint density at radius 2 is 1.93 bits per heavy atom. The zero-order valence-corrected chi connectivity index (χ0v) is 10.6. The van der Waals surface area contributed by atoms with Crippen molar-refractivity contribution < 1.29 is 14.6 Å². The molecule has 0 bridgehead atoms. The lowest BCUT2D eigenvalue weighted by Crippen LogP contribution is -1.95. The molecule has 82 valence electrons. The summed E-state index contributed by atoms with van der Waals surface area (Å²) in [6.45, 7) is 0.525. The van der Waals surface area contributed by atoms with E-state index >= 15 is 0 Å². The minimum Gasteiger partial charge on any atom is -0.497 e. The average Bonchev–Trinajstić information content (AvgIpc) is 2.29. The van der Waals surface area contributed by atoms with Gasteiger partial charge in [-0.15, -0.1) is 0 Å². The van der Waals surface area contributed by atoms with Crippen LogP contribution in [0, 0.1) is 0 Å². The Bertz CT molecular complexity index is 319. The van der Waals surface area contributed by atoms with Gasteiger partial charge in [-0.05, 0) is 52.9 Å². The molecule has 4 heteroatoms. The Morgan fingerprint density at radius 1 is 1.33 bits per heavy atom. The number of ether oxygens (including phenoxy) is 2. The summed E-state index contributed by atoms with van der Waals surface area (Å²) < 4.78 is 11.3. The van der Waals surface area contributed by atoms with Gasteiger partial charge in [0.05, 0.1) is 13.7 Å². The van der Waals surface area contributed by atoms with Crippen LogP contribution in [0.5, 0.6) is 11.5 Å². The Balaban J connectivity index is 2.44. The first-order valence-electron chi connectivity index (χ1n) is 4.48. The van der Waals surface area contributed by atoms with Crippen molar-refractivity contribution in [2.75, 3.05) is 20.3 Å². The van der Waals surface area contributed by atoms with E-state index in [9.17, 15) is 0 Å². The first kappa shape index (κ1) is 12.3. The van der Waals surface area contributed by atoms with E-state index in [4.69, 9.17) is 14.6 Å². The van der Waals surface area contributed by atoms with Crippen molar-refractivity contribution in [1.29, 1.82) is 0 Å². The maximum Gasteiger partial charge on any atom is 0.120 e. The Hall–Kier alpha value is -0.750. The predicted octanol–water partition coefficient (Wildman–Crippen LogP) is 2.39. The molecule has 0 saturated carbocycles. The third kappa shape index (κ3) is 4.53. The van der Waals surface area contributed by atoms with Gasteiger partial charge in [0.25, 0.3) is 0 Å². The average molecular weight is 320 g/mol. The van der Waals surface area contributed by atoms with E-state index in [0.717, 1.165) is 15.1 Å². The van der Waals surface area contributed by atoms with Crippen LogP contribution in [0.3, 0.4) is 0 Å². The number of hydrogen-bond acceptors (Lipinski definition) is 3. The first-order chi connectivity index (χ1) is 7.26. The van der Waals surface area contributed by atoms with Crippen molar-refractivity contribution in [3.63, 3.8) is 0 Å². The van der Waals surface area contributed by atoms with Crippen molar-refractivity contribution in [1.82, 2.24) is 0 Å². The number of aliphatic hydroxyl groups excluding tert-OH is 1. The second kappa shape index (κ2) is 6.68. The highest BCUT2D eigenvalue weighted by molar-refractivity contribution is 14.1. The summed E-state index contributed by atoms with van der Waals surface area (Å²) in [7, 11) is 1.63. The summed E-state index contributed by atoms with van der Waals surface area (Å²) in [5, 5.41) is 8.75. The van der Waals surface area contributed by atoms with Crippen LogP contribution in [-0.4, -0.2) is 25.4 Å². The fourth-order valence-electron chi connectivity index (χ4n) is 0.965. The molecular weight excluding hydrogens is 307 g/mol. The van der Waals surface area contributed by atoms with Crippen LogP contribution in [0.1, 0.15) is 0 Å². The molecular formula is C11H13IO3. The van der Waals surface area contributed by atoms with Gasteiger partial charge in [0.2, 0.25) is 0 Å². The fourth-order valence-corrected chi connectivity index (χ4v) is 1.14. The second-order valence-electron chi connectivity index (χ2n) is 2.80. The standard InChI is InChI=1S/C11H13IO3/c1-14-10-2-4-11(5-3-10)15-7-6-9(12)8-13/h2-6,13H,7-8H2,1H3/b9-6-. The van der Waals surface area contributed by atoms with Crippen LogP contribution in [0.15, 0.2) is 33.9 Å². The maximum absolute atomic E-state index is 8.75. The smallest absolute Gasteiger partial charge is 0.120 e. The molecule has 0 aliphatic heterocycles. The predicted molar refractivity (Wildman–Crippen MR) is 67.7 cm³/mol. The molecule has 1 aromatic carbocycles. The molecule has 1 rings (SSSR count). The summed E-state index contributed by atoms with van der Waals surface area (Å²) in [6, 6.07) is 7.38. The quantitative estimate of drug-likeness (QED) is 0.847. The zero-order valence-electron chi connectivity index (χ0n) is 8.44.